The summed E-state index contributed by atoms with van der Waals surface area (Å²) in [5.41, 5.74) is 0. The summed E-state index contributed by atoms with van der Waals surface area (Å²) in [6.45, 7) is 0. The number of hydrogen-bond acceptors (Lipinski definition) is 5. The Bertz CT molecular complexity index is 638. The number of rotatable bonds is 2. The number of phenols is 1. The van der Waals surface area contributed by atoms with E-state index in [9.17, 15) is 13.5 Å². The van der Waals surface area contributed by atoms with E-state index < -0.39 is 10.1 Å². The van der Waals surface area contributed by atoms with Gasteiger partial charge in [0.05, 0.1) is 0 Å². The average Bonchev–Trinajstić information content (AvgIpc) is 2.29. The summed E-state index contributed by atoms with van der Waals surface area (Å²) in [7, 11) is -4.22. The second-order valence-electron chi connectivity index (χ2n) is 3.19. The molecular weight excluding hydrogens is 255 g/mol. The number of phenolic OH excluding ortho intramolecular Hbond substituents is 1. The molecule has 0 amide bonds. The zero-order valence-corrected chi connectivity index (χ0v) is 8.81. The van der Waals surface area contributed by atoms with Crippen molar-refractivity contribution in [3.05, 3.63) is 36.4 Å². The molecule has 2 aromatic carbocycles. The third kappa shape index (κ3) is 2.79. The van der Waals surface area contributed by atoms with Gasteiger partial charge < -0.3 is 5.11 Å². The van der Waals surface area contributed by atoms with Crippen LogP contribution in [0.15, 0.2) is 41.3 Å². The van der Waals surface area contributed by atoms with Crippen LogP contribution in [0.4, 0.5) is 0 Å². The van der Waals surface area contributed by atoms with E-state index in [4.69, 9.17) is 5.26 Å². The van der Waals surface area contributed by atoms with Crippen LogP contribution >= 0.6 is 0 Å². The molecule has 0 saturated carbocycles. The SMILES string of the molecule is O=S(=O)(OO)c1cc(O)c2ccccc2c1.[NaH]. The summed E-state index contributed by atoms with van der Waals surface area (Å²) in [5.74, 6) is -0.186. The van der Waals surface area contributed by atoms with Gasteiger partial charge in [0.15, 0.2) is 0 Å². The molecule has 0 bridgehead atoms. The molecule has 0 aliphatic heterocycles. The van der Waals surface area contributed by atoms with E-state index in [1.807, 2.05) is 0 Å². The summed E-state index contributed by atoms with van der Waals surface area (Å²) < 4.78 is 25.8. The zero-order valence-electron chi connectivity index (χ0n) is 7.99. The maximum atomic E-state index is 11.2. The van der Waals surface area contributed by atoms with Gasteiger partial charge in [0.1, 0.15) is 10.6 Å². The number of fused-ring (bicyclic) bond motifs is 1. The first-order valence-corrected chi connectivity index (χ1v) is 5.75. The number of aromatic hydroxyl groups is 1. The van der Waals surface area contributed by atoms with Crippen molar-refractivity contribution < 1.29 is 23.1 Å². The Morgan fingerprint density at radius 2 is 1.76 bits per heavy atom. The fraction of sp³-hybridized carbons (Fsp3) is 0. The van der Waals surface area contributed by atoms with E-state index in [0.29, 0.717) is 10.8 Å². The third-order valence-corrected chi connectivity index (χ3v) is 3.21. The van der Waals surface area contributed by atoms with Gasteiger partial charge in [-0.2, -0.15) is 8.42 Å². The second-order valence-corrected chi connectivity index (χ2v) is 4.72. The quantitative estimate of drug-likeness (QED) is 0.481. The predicted molar refractivity (Wildman–Crippen MR) is 63.7 cm³/mol. The Balaban J connectivity index is 0.00000144. The average molecular weight is 264 g/mol. The van der Waals surface area contributed by atoms with Gasteiger partial charge in [-0.3, -0.25) is 0 Å². The molecule has 86 valence electrons. The van der Waals surface area contributed by atoms with Crippen molar-refractivity contribution in [3.63, 3.8) is 0 Å². The van der Waals surface area contributed by atoms with Crippen molar-refractivity contribution in [2.75, 3.05) is 0 Å². The Labute approximate surface area is 120 Å². The number of hydrogen-bond donors (Lipinski definition) is 2. The van der Waals surface area contributed by atoms with Gasteiger partial charge >= 0.3 is 39.7 Å². The molecule has 0 aliphatic carbocycles. The molecule has 0 radical (unpaired) electrons. The fourth-order valence-electron chi connectivity index (χ4n) is 1.45. The van der Waals surface area contributed by atoms with Gasteiger partial charge in [-0.05, 0) is 11.5 Å². The van der Waals surface area contributed by atoms with E-state index in [1.165, 1.54) is 6.07 Å². The molecule has 0 unspecified atom stereocenters. The van der Waals surface area contributed by atoms with Crippen LogP contribution in [0.5, 0.6) is 5.75 Å². The molecule has 0 atom stereocenters. The van der Waals surface area contributed by atoms with Crippen molar-refractivity contribution in [2.45, 2.75) is 4.90 Å². The molecule has 0 aliphatic rings. The van der Waals surface area contributed by atoms with Crippen molar-refractivity contribution in [1.29, 1.82) is 0 Å². The van der Waals surface area contributed by atoms with Crippen LogP contribution in [0.25, 0.3) is 10.8 Å². The first kappa shape index (κ1) is 14.4. The van der Waals surface area contributed by atoms with Crippen LogP contribution < -0.4 is 0 Å². The summed E-state index contributed by atoms with van der Waals surface area (Å²) in [6.07, 6.45) is 0. The third-order valence-electron chi connectivity index (χ3n) is 2.20. The van der Waals surface area contributed by atoms with E-state index in [2.05, 4.69) is 4.33 Å². The van der Waals surface area contributed by atoms with Crippen LogP contribution in [0, 0.1) is 0 Å². The molecule has 0 fully saturated rings. The van der Waals surface area contributed by atoms with Crippen molar-refractivity contribution in [3.8, 4) is 5.75 Å². The van der Waals surface area contributed by atoms with Crippen LogP contribution in [0.3, 0.4) is 0 Å². The normalized spacial score (nSPS) is 11.1. The molecule has 0 aromatic heterocycles. The summed E-state index contributed by atoms with van der Waals surface area (Å²) in [4.78, 5) is -0.300. The molecule has 17 heavy (non-hydrogen) atoms. The van der Waals surface area contributed by atoms with Crippen molar-refractivity contribution in [1.82, 2.24) is 0 Å². The number of benzene rings is 2. The molecule has 2 N–H and O–H groups in total. The van der Waals surface area contributed by atoms with Gasteiger partial charge in [0, 0.05) is 11.5 Å². The predicted octanol–water partition coefficient (Wildman–Crippen LogP) is 1.08. The van der Waals surface area contributed by atoms with Crippen LogP contribution in [-0.2, 0) is 14.5 Å². The molecule has 0 saturated heterocycles. The van der Waals surface area contributed by atoms with Gasteiger partial charge in [-0.15, -0.1) is 4.33 Å². The fourth-order valence-corrected chi connectivity index (χ4v) is 2.06. The second kappa shape index (κ2) is 5.34. The molecule has 2 aromatic rings. The summed E-state index contributed by atoms with van der Waals surface area (Å²) >= 11 is 0. The van der Waals surface area contributed by atoms with Crippen LogP contribution in [0.1, 0.15) is 0 Å². The molecular formula is C10H9NaO5S. The monoisotopic (exact) mass is 264 g/mol. The first-order chi connectivity index (χ1) is 7.54. The van der Waals surface area contributed by atoms with Gasteiger partial charge in [-0.1, -0.05) is 24.3 Å². The minimum absolute atomic E-state index is 0. The molecule has 2 rings (SSSR count). The Morgan fingerprint density at radius 3 is 2.41 bits per heavy atom. The topological polar surface area (TPSA) is 83.8 Å². The first-order valence-electron chi connectivity index (χ1n) is 4.34. The summed E-state index contributed by atoms with van der Waals surface area (Å²) in [5, 5.41) is 18.9. The molecule has 0 heterocycles. The van der Waals surface area contributed by atoms with Crippen molar-refractivity contribution >= 4 is 50.4 Å². The van der Waals surface area contributed by atoms with E-state index in [1.54, 1.807) is 24.3 Å². The van der Waals surface area contributed by atoms with Crippen LogP contribution in [0.2, 0.25) is 0 Å². The zero-order chi connectivity index (χ0) is 11.8. The molecule has 7 heteroatoms. The summed E-state index contributed by atoms with van der Waals surface area (Å²) in [6, 6.07) is 9.05. The Morgan fingerprint density at radius 1 is 1.12 bits per heavy atom. The van der Waals surface area contributed by atoms with Crippen molar-refractivity contribution in [2.24, 2.45) is 0 Å². The maximum absolute atomic E-state index is 11.2. The van der Waals surface area contributed by atoms with E-state index >= 15 is 0 Å². The molecule has 0 spiro atoms. The van der Waals surface area contributed by atoms with E-state index in [0.717, 1.165) is 6.07 Å². The van der Waals surface area contributed by atoms with Gasteiger partial charge in [0.25, 0.3) is 0 Å². The standard InChI is InChI=1S/C10H8O5S.Na.H/c11-10-6-8(16(13,14)15-12)5-7-3-1-2-4-9(7)10;;/h1-6,11-12H;;. The molecule has 5 nitrogen and oxygen atoms in total. The Kier molecular flexibility index (Phi) is 4.54. The van der Waals surface area contributed by atoms with E-state index in [-0.39, 0.29) is 40.2 Å². The minimum atomic E-state index is -4.22. The Hall–Kier alpha value is -0.630. The van der Waals surface area contributed by atoms with Gasteiger partial charge in [0.2, 0.25) is 0 Å². The van der Waals surface area contributed by atoms with Gasteiger partial charge in [-0.25, -0.2) is 5.26 Å². The van der Waals surface area contributed by atoms with Crippen LogP contribution in [-0.4, -0.2) is 48.3 Å².